The second-order valence-electron chi connectivity index (χ2n) is 10.0. The van der Waals surface area contributed by atoms with Crippen molar-refractivity contribution in [2.75, 3.05) is 11.9 Å². The zero-order valence-electron chi connectivity index (χ0n) is 19.8. The number of hydrogen-bond acceptors (Lipinski definition) is 3. The average Bonchev–Trinajstić information content (AvgIpc) is 3.15. The van der Waals surface area contributed by atoms with Crippen molar-refractivity contribution in [1.29, 1.82) is 0 Å². The molecule has 0 saturated heterocycles. The van der Waals surface area contributed by atoms with Gasteiger partial charge in [-0.05, 0) is 68.9 Å². The third kappa shape index (κ3) is 4.04. The number of halogens is 3. The lowest BCUT2D eigenvalue weighted by Gasteiger charge is -2.25. The van der Waals surface area contributed by atoms with Crippen molar-refractivity contribution < 1.29 is 26.4 Å². The number of aromatic nitrogens is 1. The fourth-order valence-corrected chi connectivity index (χ4v) is 6.28. The van der Waals surface area contributed by atoms with E-state index in [0.29, 0.717) is 23.9 Å². The van der Waals surface area contributed by atoms with Crippen molar-refractivity contribution in [3.05, 3.63) is 35.0 Å². The van der Waals surface area contributed by atoms with E-state index in [1.54, 1.807) is 31.4 Å². The number of sulfonamides is 1. The molecule has 10 heteroatoms. The fraction of sp³-hybridized carbons (Fsp3) is 0.542. The Morgan fingerprint density at radius 1 is 1.12 bits per heavy atom. The van der Waals surface area contributed by atoms with Crippen LogP contribution < -0.4 is 10.0 Å². The number of hydrogen-bond donors (Lipinski definition) is 1. The van der Waals surface area contributed by atoms with Gasteiger partial charge in [0.25, 0.3) is 0 Å². The highest BCUT2D eigenvalue weighted by molar-refractivity contribution is 7.89. The minimum atomic E-state index is -4.70. The van der Waals surface area contributed by atoms with E-state index < -0.39 is 33.1 Å². The van der Waals surface area contributed by atoms with E-state index in [4.69, 9.17) is 5.14 Å². The third-order valence-corrected chi connectivity index (χ3v) is 8.38. The van der Waals surface area contributed by atoms with Crippen LogP contribution >= 0.6 is 0 Å². The van der Waals surface area contributed by atoms with E-state index in [-0.39, 0.29) is 21.7 Å². The SMILES string of the molecule is Cc1c(S(N)(=O)=O)cc(-c2cc(C(F)(F)F)c3c(c2)C(C)(C)C(=O)N3C)n1CC1CCCCC1. The van der Waals surface area contributed by atoms with Crippen LogP contribution in [0.1, 0.15) is 62.8 Å². The molecule has 2 aliphatic rings. The standard InChI is InChI=1S/C24H30F3N3O3S/c1-14-20(34(28,32)33)12-19(30(14)13-15-8-6-5-7-9-15)16-10-17-21(18(11-16)24(25,26)27)29(4)22(31)23(17,2)3/h10-12,15H,5-9,13H2,1-4H3,(H2,28,32,33). The van der Waals surface area contributed by atoms with Crippen molar-refractivity contribution in [2.24, 2.45) is 11.1 Å². The molecule has 1 fully saturated rings. The lowest BCUT2D eigenvalue weighted by molar-refractivity contribution is -0.137. The summed E-state index contributed by atoms with van der Waals surface area (Å²) >= 11 is 0. The highest BCUT2D eigenvalue weighted by Crippen LogP contribution is 2.50. The smallest absolute Gasteiger partial charge is 0.343 e. The predicted octanol–water partition coefficient (Wildman–Crippen LogP) is 4.96. The number of alkyl halides is 3. The van der Waals surface area contributed by atoms with Crippen LogP contribution in [0, 0.1) is 12.8 Å². The molecule has 186 valence electrons. The van der Waals surface area contributed by atoms with Gasteiger partial charge >= 0.3 is 6.18 Å². The van der Waals surface area contributed by atoms with Crippen molar-refractivity contribution in [3.63, 3.8) is 0 Å². The lowest BCUT2D eigenvalue weighted by atomic mass is 9.84. The Bertz CT molecular complexity index is 1260. The molecule has 34 heavy (non-hydrogen) atoms. The molecule has 2 N–H and O–H groups in total. The van der Waals surface area contributed by atoms with Gasteiger partial charge in [-0.3, -0.25) is 4.79 Å². The minimum absolute atomic E-state index is 0.0974. The Hall–Kier alpha value is -2.33. The van der Waals surface area contributed by atoms with E-state index in [0.717, 1.165) is 43.1 Å². The first kappa shape index (κ1) is 24.8. The van der Waals surface area contributed by atoms with Crippen LogP contribution in [0.5, 0.6) is 0 Å². The molecular weight excluding hydrogens is 467 g/mol. The summed E-state index contributed by atoms with van der Waals surface area (Å²) in [6.07, 6.45) is 0.544. The zero-order valence-corrected chi connectivity index (χ0v) is 20.6. The summed E-state index contributed by atoms with van der Waals surface area (Å²) in [6, 6.07) is 3.97. The summed E-state index contributed by atoms with van der Waals surface area (Å²) in [7, 11) is -2.73. The topological polar surface area (TPSA) is 85.4 Å². The first-order chi connectivity index (χ1) is 15.6. The molecule has 0 atom stereocenters. The highest BCUT2D eigenvalue weighted by Gasteiger charge is 2.48. The molecule has 0 radical (unpaired) electrons. The molecule has 0 unspecified atom stereocenters. The first-order valence-corrected chi connectivity index (χ1v) is 13.0. The quantitative estimate of drug-likeness (QED) is 0.648. The number of primary sulfonamides is 1. The molecule has 1 saturated carbocycles. The van der Waals surface area contributed by atoms with E-state index in [9.17, 15) is 26.4 Å². The highest BCUT2D eigenvalue weighted by atomic mass is 32.2. The number of rotatable bonds is 4. The summed E-state index contributed by atoms with van der Waals surface area (Å²) in [6.45, 7) is 5.33. The second kappa shape index (κ2) is 8.12. The molecule has 2 heterocycles. The van der Waals surface area contributed by atoms with Crippen molar-refractivity contribution in [1.82, 2.24) is 4.57 Å². The molecule has 0 bridgehead atoms. The summed E-state index contributed by atoms with van der Waals surface area (Å²) in [5.41, 5.74) is -0.968. The number of nitrogens with two attached hydrogens (primary N) is 1. The summed E-state index contributed by atoms with van der Waals surface area (Å²) in [5, 5.41) is 5.45. The molecule has 1 aliphatic carbocycles. The number of benzene rings is 1. The van der Waals surface area contributed by atoms with Crippen LogP contribution in [0.2, 0.25) is 0 Å². The molecular formula is C24H30F3N3O3S. The van der Waals surface area contributed by atoms with Gasteiger partial charge in [0, 0.05) is 25.0 Å². The Kier molecular flexibility index (Phi) is 5.92. The number of carbonyl (C=O) groups excluding carboxylic acids is 1. The maximum atomic E-state index is 14.2. The molecule has 2 aromatic rings. The van der Waals surface area contributed by atoms with Crippen LogP contribution in [0.3, 0.4) is 0 Å². The maximum absolute atomic E-state index is 14.2. The van der Waals surface area contributed by atoms with Gasteiger partial charge in [0.05, 0.1) is 16.7 Å². The molecule has 6 nitrogen and oxygen atoms in total. The largest absolute Gasteiger partial charge is 0.418 e. The number of amides is 1. The van der Waals surface area contributed by atoms with Gasteiger partial charge in [0.15, 0.2) is 0 Å². The Balaban J connectivity index is 1.98. The Morgan fingerprint density at radius 3 is 2.29 bits per heavy atom. The van der Waals surface area contributed by atoms with Gasteiger partial charge in [-0.1, -0.05) is 19.3 Å². The van der Waals surface area contributed by atoms with E-state index >= 15 is 0 Å². The van der Waals surface area contributed by atoms with Crippen molar-refractivity contribution in [2.45, 2.75) is 75.9 Å². The number of likely N-dealkylation sites (N-methyl/N-ethyl adjacent to an activating group) is 1. The fourth-order valence-electron chi connectivity index (χ4n) is 5.48. The van der Waals surface area contributed by atoms with Gasteiger partial charge in [0.2, 0.25) is 15.9 Å². The lowest BCUT2D eigenvalue weighted by Crippen LogP contribution is -2.33. The van der Waals surface area contributed by atoms with Crippen molar-refractivity contribution in [3.8, 4) is 11.3 Å². The van der Waals surface area contributed by atoms with Crippen LogP contribution in [0.25, 0.3) is 11.3 Å². The van der Waals surface area contributed by atoms with E-state index in [1.165, 1.54) is 13.1 Å². The van der Waals surface area contributed by atoms with Gasteiger partial charge in [-0.15, -0.1) is 0 Å². The van der Waals surface area contributed by atoms with Crippen molar-refractivity contribution >= 4 is 21.6 Å². The van der Waals surface area contributed by atoms with E-state index in [1.807, 2.05) is 0 Å². The number of fused-ring (bicyclic) bond motifs is 1. The number of anilines is 1. The molecule has 4 rings (SSSR count). The van der Waals surface area contributed by atoms with Gasteiger partial charge in [-0.25, -0.2) is 13.6 Å². The van der Waals surface area contributed by atoms with Gasteiger partial charge in [0.1, 0.15) is 4.90 Å². The number of carbonyl (C=O) groups is 1. The van der Waals surface area contributed by atoms with Gasteiger partial charge < -0.3 is 9.47 Å². The van der Waals surface area contributed by atoms with Crippen LogP contribution in [-0.4, -0.2) is 25.9 Å². The minimum Gasteiger partial charge on any atom is -0.343 e. The normalized spacial score (nSPS) is 19.1. The predicted molar refractivity (Wildman–Crippen MR) is 124 cm³/mol. The molecule has 1 amide bonds. The number of nitrogens with zero attached hydrogens (tertiary/aromatic N) is 2. The molecule has 0 spiro atoms. The van der Waals surface area contributed by atoms with Crippen LogP contribution in [0.4, 0.5) is 18.9 Å². The maximum Gasteiger partial charge on any atom is 0.418 e. The average molecular weight is 498 g/mol. The Labute approximate surface area is 198 Å². The third-order valence-electron chi connectivity index (χ3n) is 7.35. The van der Waals surface area contributed by atoms with Gasteiger partial charge in [-0.2, -0.15) is 13.2 Å². The molecule has 1 aromatic carbocycles. The second-order valence-corrected chi connectivity index (χ2v) is 11.6. The summed E-state index contributed by atoms with van der Waals surface area (Å²) < 4.78 is 68.9. The summed E-state index contributed by atoms with van der Waals surface area (Å²) in [5.74, 6) is -0.128. The summed E-state index contributed by atoms with van der Waals surface area (Å²) in [4.78, 5) is 13.7. The Morgan fingerprint density at radius 2 is 1.74 bits per heavy atom. The molecule has 1 aromatic heterocycles. The molecule has 1 aliphatic heterocycles. The monoisotopic (exact) mass is 497 g/mol. The van der Waals surface area contributed by atoms with Crippen LogP contribution in [0.15, 0.2) is 23.1 Å². The zero-order chi connectivity index (χ0) is 25.2. The first-order valence-electron chi connectivity index (χ1n) is 11.4. The van der Waals surface area contributed by atoms with E-state index in [2.05, 4.69) is 0 Å². The van der Waals surface area contributed by atoms with Crippen LogP contribution in [-0.2, 0) is 33.0 Å².